The van der Waals surface area contributed by atoms with Crippen molar-refractivity contribution in [3.05, 3.63) is 48.5 Å². The minimum Gasteiger partial charge on any atom is -0.399 e. The van der Waals surface area contributed by atoms with Gasteiger partial charge >= 0.3 is 0 Å². The number of aryl methyl sites for hydroxylation is 1. The summed E-state index contributed by atoms with van der Waals surface area (Å²) in [6.45, 7) is 3.26. The lowest BCUT2D eigenvalue weighted by Crippen LogP contribution is -2.01. The molecule has 0 saturated carbocycles. The average molecular weight is 307 g/mol. The van der Waals surface area contributed by atoms with Gasteiger partial charge in [-0.05, 0) is 30.7 Å². The first-order valence-corrected chi connectivity index (χ1v) is 8.61. The number of aromatic nitrogens is 2. The highest BCUT2D eigenvalue weighted by Gasteiger charge is 2.12. The molecular weight excluding hydrogens is 282 g/mol. The van der Waals surface area contributed by atoms with E-state index in [1.165, 1.54) is 37.6 Å². The van der Waals surface area contributed by atoms with Crippen molar-refractivity contribution in [2.75, 3.05) is 5.73 Å². The van der Waals surface area contributed by atoms with Gasteiger partial charge in [0.25, 0.3) is 0 Å². The third-order valence-corrected chi connectivity index (χ3v) is 4.28. The molecule has 0 radical (unpaired) electrons. The summed E-state index contributed by atoms with van der Waals surface area (Å²) in [7, 11) is 0. The fourth-order valence-electron chi connectivity index (χ4n) is 3.07. The van der Waals surface area contributed by atoms with Gasteiger partial charge in [0.2, 0.25) is 0 Å². The molecule has 0 atom stereocenters. The SMILES string of the molecule is CCCCCCCn1c(-c2cccc(N)c2)nc2ccccc21. The van der Waals surface area contributed by atoms with Gasteiger partial charge in [-0.1, -0.05) is 56.9 Å². The number of fused-ring (bicyclic) bond motifs is 1. The third kappa shape index (κ3) is 3.55. The molecule has 3 aromatic rings. The molecule has 2 aromatic carbocycles. The van der Waals surface area contributed by atoms with Crippen LogP contribution in [0.2, 0.25) is 0 Å². The van der Waals surface area contributed by atoms with Crippen molar-refractivity contribution in [2.45, 2.75) is 45.6 Å². The topological polar surface area (TPSA) is 43.8 Å². The molecule has 0 aliphatic carbocycles. The molecule has 120 valence electrons. The Kier molecular flexibility index (Phi) is 4.96. The van der Waals surface area contributed by atoms with Gasteiger partial charge in [-0.15, -0.1) is 0 Å². The van der Waals surface area contributed by atoms with E-state index in [1.807, 2.05) is 24.3 Å². The van der Waals surface area contributed by atoms with Crippen molar-refractivity contribution in [1.82, 2.24) is 9.55 Å². The quantitative estimate of drug-likeness (QED) is 0.478. The average Bonchev–Trinajstić information content (AvgIpc) is 2.94. The van der Waals surface area contributed by atoms with Gasteiger partial charge in [0.05, 0.1) is 11.0 Å². The van der Waals surface area contributed by atoms with Crippen molar-refractivity contribution in [3.63, 3.8) is 0 Å². The second-order valence-electron chi connectivity index (χ2n) is 6.12. The van der Waals surface area contributed by atoms with Crippen molar-refractivity contribution >= 4 is 16.7 Å². The van der Waals surface area contributed by atoms with Gasteiger partial charge in [-0.3, -0.25) is 0 Å². The largest absolute Gasteiger partial charge is 0.399 e. The summed E-state index contributed by atoms with van der Waals surface area (Å²) in [6.07, 6.45) is 6.39. The van der Waals surface area contributed by atoms with Crippen molar-refractivity contribution in [3.8, 4) is 11.4 Å². The van der Waals surface area contributed by atoms with Gasteiger partial charge in [0.1, 0.15) is 5.82 Å². The van der Waals surface area contributed by atoms with Gasteiger partial charge in [-0.2, -0.15) is 0 Å². The molecule has 0 aliphatic heterocycles. The van der Waals surface area contributed by atoms with Crippen LogP contribution in [0.1, 0.15) is 39.0 Å². The summed E-state index contributed by atoms with van der Waals surface area (Å²) in [6, 6.07) is 16.4. The molecule has 3 rings (SSSR count). The smallest absolute Gasteiger partial charge is 0.141 e. The molecule has 2 N–H and O–H groups in total. The molecule has 23 heavy (non-hydrogen) atoms. The molecule has 1 aromatic heterocycles. The number of unbranched alkanes of at least 4 members (excludes halogenated alkanes) is 4. The molecule has 0 spiro atoms. The van der Waals surface area contributed by atoms with Crippen molar-refractivity contribution in [2.24, 2.45) is 0 Å². The lowest BCUT2D eigenvalue weighted by molar-refractivity contribution is 0.578. The number of nitrogen functional groups attached to an aromatic ring is 1. The van der Waals surface area contributed by atoms with Crippen LogP contribution in [0.25, 0.3) is 22.4 Å². The highest BCUT2D eigenvalue weighted by molar-refractivity contribution is 5.81. The monoisotopic (exact) mass is 307 g/mol. The first-order valence-electron chi connectivity index (χ1n) is 8.61. The Morgan fingerprint density at radius 3 is 2.61 bits per heavy atom. The van der Waals surface area contributed by atoms with E-state index in [4.69, 9.17) is 10.7 Å². The van der Waals surface area contributed by atoms with Crippen LogP contribution in [0, 0.1) is 0 Å². The molecule has 0 fully saturated rings. The van der Waals surface area contributed by atoms with E-state index in [2.05, 4.69) is 35.8 Å². The zero-order chi connectivity index (χ0) is 16.1. The molecule has 0 aliphatic rings. The highest BCUT2D eigenvalue weighted by Crippen LogP contribution is 2.26. The molecule has 0 saturated heterocycles. The van der Waals surface area contributed by atoms with Crippen LogP contribution in [0.5, 0.6) is 0 Å². The number of nitrogens with zero attached hydrogens (tertiary/aromatic N) is 2. The maximum Gasteiger partial charge on any atom is 0.141 e. The Balaban J connectivity index is 1.91. The normalized spacial score (nSPS) is 11.2. The van der Waals surface area contributed by atoms with Crippen LogP contribution >= 0.6 is 0 Å². The van der Waals surface area contributed by atoms with Crippen LogP contribution < -0.4 is 5.73 Å². The van der Waals surface area contributed by atoms with Crippen LogP contribution in [-0.2, 0) is 6.54 Å². The molecular formula is C20H25N3. The first-order chi connectivity index (χ1) is 11.3. The third-order valence-electron chi connectivity index (χ3n) is 4.28. The predicted octanol–water partition coefficient (Wildman–Crippen LogP) is 5.26. The van der Waals surface area contributed by atoms with Gasteiger partial charge in [0, 0.05) is 17.8 Å². The van der Waals surface area contributed by atoms with Crippen LogP contribution in [0.3, 0.4) is 0 Å². The first kappa shape index (κ1) is 15.6. The number of hydrogen-bond acceptors (Lipinski definition) is 2. The summed E-state index contributed by atoms with van der Waals surface area (Å²) in [5.41, 5.74) is 10.1. The molecule has 1 heterocycles. The summed E-state index contributed by atoms with van der Waals surface area (Å²) in [5, 5.41) is 0. The van der Waals surface area contributed by atoms with Crippen LogP contribution in [0.15, 0.2) is 48.5 Å². The molecule has 0 unspecified atom stereocenters. The Labute approximate surface area is 138 Å². The zero-order valence-corrected chi connectivity index (χ0v) is 13.8. The van der Waals surface area contributed by atoms with E-state index in [1.54, 1.807) is 0 Å². The second-order valence-corrected chi connectivity index (χ2v) is 6.12. The second kappa shape index (κ2) is 7.32. The van der Waals surface area contributed by atoms with Crippen molar-refractivity contribution in [1.29, 1.82) is 0 Å². The Morgan fingerprint density at radius 2 is 1.78 bits per heavy atom. The maximum absolute atomic E-state index is 5.96. The Bertz CT molecular complexity index is 773. The van der Waals surface area contributed by atoms with E-state index in [-0.39, 0.29) is 0 Å². The fourth-order valence-corrected chi connectivity index (χ4v) is 3.07. The van der Waals surface area contributed by atoms with Gasteiger partial charge in [0.15, 0.2) is 0 Å². The Hall–Kier alpha value is -2.29. The van der Waals surface area contributed by atoms with E-state index in [0.717, 1.165) is 29.1 Å². The number of nitrogens with two attached hydrogens (primary N) is 1. The molecule has 3 nitrogen and oxygen atoms in total. The van der Waals surface area contributed by atoms with Crippen molar-refractivity contribution < 1.29 is 0 Å². The fraction of sp³-hybridized carbons (Fsp3) is 0.350. The number of rotatable bonds is 7. The minimum atomic E-state index is 0.782. The number of anilines is 1. The number of hydrogen-bond donors (Lipinski definition) is 1. The standard InChI is InChI=1S/C20H25N3/c1-2-3-4-5-8-14-23-19-13-7-6-12-18(19)22-20(23)16-10-9-11-17(21)15-16/h6-7,9-13,15H,2-5,8,14,21H2,1H3. The molecule has 3 heteroatoms. The molecule has 0 amide bonds. The zero-order valence-electron chi connectivity index (χ0n) is 13.8. The molecule has 0 bridgehead atoms. The van der Waals surface area contributed by atoms with E-state index in [9.17, 15) is 0 Å². The predicted molar refractivity (Wildman–Crippen MR) is 98.3 cm³/mol. The lowest BCUT2D eigenvalue weighted by Gasteiger charge is -2.10. The maximum atomic E-state index is 5.96. The summed E-state index contributed by atoms with van der Waals surface area (Å²) in [5.74, 6) is 1.02. The van der Waals surface area contributed by atoms with E-state index >= 15 is 0 Å². The number of benzene rings is 2. The summed E-state index contributed by atoms with van der Waals surface area (Å²) >= 11 is 0. The number of para-hydroxylation sites is 2. The van der Waals surface area contributed by atoms with Gasteiger partial charge < -0.3 is 10.3 Å². The number of imidazole rings is 1. The van der Waals surface area contributed by atoms with Crippen LogP contribution in [0.4, 0.5) is 5.69 Å². The van der Waals surface area contributed by atoms with Crippen LogP contribution in [-0.4, -0.2) is 9.55 Å². The Morgan fingerprint density at radius 1 is 0.957 bits per heavy atom. The van der Waals surface area contributed by atoms with E-state index < -0.39 is 0 Å². The highest BCUT2D eigenvalue weighted by atomic mass is 15.1. The summed E-state index contributed by atoms with van der Waals surface area (Å²) in [4.78, 5) is 4.85. The lowest BCUT2D eigenvalue weighted by atomic mass is 10.1. The van der Waals surface area contributed by atoms with E-state index in [0.29, 0.717) is 0 Å². The van der Waals surface area contributed by atoms with Gasteiger partial charge in [-0.25, -0.2) is 4.98 Å². The summed E-state index contributed by atoms with van der Waals surface area (Å²) < 4.78 is 2.34. The minimum absolute atomic E-state index is 0.782.